The fourth-order valence-corrected chi connectivity index (χ4v) is 5.08. The van der Waals surface area contributed by atoms with E-state index in [1.807, 2.05) is 0 Å². The molecule has 11 heteroatoms. The standard InChI is InChI=1S/C14H16N4O5S2/c1-8(19)15-13-16-17-14(24-13)25(21,22)18-6-5-12(20)10-7-9(23-2)3-4-11(10)18/h3-4,7,12,20H,5-6H2,1-2H3,(H,15,16,19). The van der Waals surface area contributed by atoms with Crippen LogP contribution < -0.4 is 14.4 Å². The van der Waals surface area contributed by atoms with Gasteiger partial charge in [0, 0.05) is 19.0 Å². The average Bonchev–Trinajstić information content (AvgIpc) is 3.03. The summed E-state index contributed by atoms with van der Waals surface area (Å²) in [6, 6.07) is 4.83. The van der Waals surface area contributed by atoms with Crippen LogP contribution in [0.4, 0.5) is 10.8 Å². The molecule has 1 atom stereocenters. The number of aliphatic hydroxyl groups excluding tert-OH is 1. The van der Waals surface area contributed by atoms with Crippen molar-refractivity contribution in [1.29, 1.82) is 0 Å². The molecule has 1 aromatic carbocycles. The van der Waals surface area contributed by atoms with Crippen LogP contribution in [0.5, 0.6) is 5.75 Å². The molecule has 0 aliphatic carbocycles. The fourth-order valence-electron chi connectivity index (χ4n) is 2.53. The van der Waals surface area contributed by atoms with E-state index in [0.717, 1.165) is 11.3 Å². The highest BCUT2D eigenvalue weighted by atomic mass is 32.2. The molecule has 1 amide bonds. The van der Waals surface area contributed by atoms with Crippen LogP contribution in [-0.2, 0) is 14.8 Å². The Morgan fingerprint density at radius 3 is 2.88 bits per heavy atom. The van der Waals surface area contributed by atoms with Crippen LogP contribution >= 0.6 is 11.3 Å². The Kier molecular flexibility index (Phi) is 4.62. The van der Waals surface area contributed by atoms with Crippen LogP contribution in [0.3, 0.4) is 0 Å². The Balaban J connectivity index is 2.00. The molecule has 25 heavy (non-hydrogen) atoms. The average molecular weight is 384 g/mol. The number of rotatable bonds is 4. The molecule has 1 aliphatic rings. The Hall–Kier alpha value is -2.24. The number of aromatic nitrogens is 2. The van der Waals surface area contributed by atoms with Gasteiger partial charge in [0.05, 0.1) is 18.9 Å². The number of nitrogens with zero attached hydrogens (tertiary/aromatic N) is 3. The lowest BCUT2D eigenvalue weighted by molar-refractivity contribution is -0.114. The molecule has 2 heterocycles. The maximum absolute atomic E-state index is 12.9. The van der Waals surface area contributed by atoms with Crippen LogP contribution in [0, 0.1) is 0 Å². The molecule has 0 saturated heterocycles. The molecular weight excluding hydrogens is 368 g/mol. The van der Waals surface area contributed by atoms with Gasteiger partial charge in [-0.1, -0.05) is 11.3 Å². The normalized spacial score (nSPS) is 17.1. The number of sulfonamides is 1. The summed E-state index contributed by atoms with van der Waals surface area (Å²) in [5.74, 6) is 0.166. The van der Waals surface area contributed by atoms with Gasteiger partial charge in [-0.3, -0.25) is 9.10 Å². The van der Waals surface area contributed by atoms with E-state index in [9.17, 15) is 18.3 Å². The van der Waals surface area contributed by atoms with Crippen molar-refractivity contribution in [3.8, 4) is 5.75 Å². The van der Waals surface area contributed by atoms with Crippen molar-refractivity contribution in [2.24, 2.45) is 0 Å². The Morgan fingerprint density at radius 1 is 1.44 bits per heavy atom. The molecule has 0 fully saturated rings. The molecule has 2 aromatic rings. The minimum absolute atomic E-state index is 0.109. The van der Waals surface area contributed by atoms with E-state index in [1.54, 1.807) is 18.2 Å². The zero-order valence-electron chi connectivity index (χ0n) is 13.5. The van der Waals surface area contributed by atoms with Crippen LogP contribution in [0.25, 0.3) is 0 Å². The zero-order valence-corrected chi connectivity index (χ0v) is 15.1. The molecule has 0 saturated carbocycles. The number of hydrogen-bond acceptors (Lipinski definition) is 8. The number of ether oxygens (including phenoxy) is 1. The van der Waals surface area contributed by atoms with Gasteiger partial charge in [-0.25, -0.2) is 0 Å². The third-order valence-corrected chi connectivity index (χ3v) is 6.67. The third-order valence-electron chi connectivity index (χ3n) is 3.67. The minimum atomic E-state index is -3.96. The van der Waals surface area contributed by atoms with Gasteiger partial charge in [-0.15, -0.1) is 10.2 Å². The summed E-state index contributed by atoms with van der Waals surface area (Å²) < 4.78 is 31.9. The second kappa shape index (κ2) is 6.58. The first kappa shape index (κ1) is 17.6. The van der Waals surface area contributed by atoms with Crippen molar-refractivity contribution in [2.75, 3.05) is 23.3 Å². The van der Waals surface area contributed by atoms with Crippen molar-refractivity contribution in [3.05, 3.63) is 23.8 Å². The molecule has 9 nitrogen and oxygen atoms in total. The van der Waals surface area contributed by atoms with Crippen LogP contribution in [0.1, 0.15) is 25.0 Å². The first-order chi connectivity index (χ1) is 11.8. The summed E-state index contributed by atoms with van der Waals surface area (Å²) in [6.45, 7) is 1.41. The molecule has 1 unspecified atom stereocenters. The summed E-state index contributed by atoms with van der Waals surface area (Å²) in [5, 5.41) is 20.1. The number of methoxy groups -OCH3 is 1. The van der Waals surface area contributed by atoms with Gasteiger partial charge in [0.15, 0.2) is 0 Å². The number of carbonyl (C=O) groups is 1. The van der Waals surface area contributed by atoms with Crippen molar-refractivity contribution < 1.29 is 23.1 Å². The van der Waals surface area contributed by atoms with Crippen LogP contribution in [0.15, 0.2) is 22.5 Å². The number of amides is 1. The lowest BCUT2D eigenvalue weighted by Gasteiger charge is -2.32. The number of nitrogens with one attached hydrogen (secondary N) is 1. The van der Waals surface area contributed by atoms with Crippen molar-refractivity contribution in [1.82, 2.24) is 10.2 Å². The quantitative estimate of drug-likeness (QED) is 0.758. The van der Waals surface area contributed by atoms with E-state index < -0.39 is 16.1 Å². The maximum Gasteiger partial charge on any atom is 0.293 e. The number of hydrogen-bond donors (Lipinski definition) is 2. The lowest BCUT2D eigenvalue weighted by atomic mass is 10.0. The molecule has 0 spiro atoms. The predicted octanol–water partition coefficient (Wildman–Crippen LogP) is 1.14. The van der Waals surface area contributed by atoms with Gasteiger partial charge in [0.25, 0.3) is 14.4 Å². The number of aliphatic hydroxyl groups is 1. The first-order valence-corrected chi connectivity index (χ1v) is 9.58. The van der Waals surface area contributed by atoms with E-state index in [-0.39, 0.29) is 28.3 Å². The van der Waals surface area contributed by atoms with E-state index in [2.05, 4.69) is 15.5 Å². The SMILES string of the molecule is COc1ccc2c(c1)C(O)CCN2S(=O)(=O)c1nnc(NC(C)=O)s1. The van der Waals surface area contributed by atoms with E-state index in [1.165, 1.54) is 18.3 Å². The molecular formula is C14H16N4O5S2. The molecule has 2 N–H and O–H groups in total. The van der Waals surface area contributed by atoms with E-state index in [0.29, 0.717) is 17.0 Å². The number of anilines is 2. The van der Waals surface area contributed by atoms with Gasteiger partial charge in [0.2, 0.25) is 11.0 Å². The molecule has 3 rings (SSSR count). The van der Waals surface area contributed by atoms with Gasteiger partial charge in [-0.05, 0) is 24.6 Å². The summed E-state index contributed by atoms with van der Waals surface area (Å²) in [7, 11) is -2.46. The number of fused-ring (bicyclic) bond motifs is 1. The Labute approximate surface area is 148 Å². The van der Waals surface area contributed by atoms with E-state index >= 15 is 0 Å². The highest BCUT2D eigenvalue weighted by Crippen LogP contribution is 2.39. The predicted molar refractivity (Wildman–Crippen MR) is 91.3 cm³/mol. The minimum Gasteiger partial charge on any atom is -0.497 e. The topological polar surface area (TPSA) is 122 Å². The summed E-state index contributed by atoms with van der Waals surface area (Å²) in [4.78, 5) is 11.1. The third kappa shape index (κ3) is 3.30. The largest absolute Gasteiger partial charge is 0.497 e. The second-order valence-electron chi connectivity index (χ2n) is 5.36. The number of benzene rings is 1. The highest BCUT2D eigenvalue weighted by Gasteiger charge is 2.35. The zero-order chi connectivity index (χ0) is 18.2. The van der Waals surface area contributed by atoms with Crippen LogP contribution in [-0.4, -0.2) is 43.3 Å². The molecule has 1 aromatic heterocycles. The maximum atomic E-state index is 12.9. The summed E-state index contributed by atoms with van der Waals surface area (Å²) >= 11 is 0.774. The summed E-state index contributed by atoms with van der Waals surface area (Å²) in [5.41, 5.74) is 0.844. The smallest absolute Gasteiger partial charge is 0.293 e. The molecule has 134 valence electrons. The first-order valence-electron chi connectivity index (χ1n) is 7.32. The van der Waals surface area contributed by atoms with Crippen molar-refractivity contribution in [3.63, 3.8) is 0 Å². The molecule has 0 bridgehead atoms. The monoisotopic (exact) mass is 384 g/mol. The second-order valence-corrected chi connectivity index (χ2v) is 8.37. The lowest BCUT2D eigenvalue weighted by Crippen LogP contribution is -2.36. The highest BCUT2D eigenvalue weighted by molar-refractivity contribution is 7.94. The van der Waals surface area contributed by atoms with Crippen LogP contribution in [0.2, 0.25) is 0 Å². The molecule has 1 aliphatic heterocycles. The number of carbonyl (C=O) groups excluding carboxylic acids is 1. The van der Waals surface area contributed by atoms with Crippen molar-refractivity contribution >= 4 is 38.1 Å². The van der Waals surface area contributed by atoms with Gasteiger partial charge >= 0.3 is 0 Å². The summed E-state index contributed by atoms with van der Waals surface area (Å²) in [6.07, 6.45) is -0.530. The Bertz CT molecular complexity index is 912. The van der Waals surface area contributed by atoms with Gasteiger partial charge < -0.3 is 15.2 Å². The van der Waals surface area contributed by atoms with E-state index in [4.69, 9.17) is 4.74 Å². The van der Waals surface area contributed by atoms with Crippen molar-refractivity contribution in [2.45, 2.75) is 23.8 Å². The van der Waals surface area contributed by atoms with Gasteiger partial charge in [-0.2, -0.15) is 8.42 Å². The molecule has 0 radical (unpaired) electrons. The Morgan fingerprint density at radius 2 is 2.20 bits per heavy atom. The van der Waals surface area contributed by atoms with Gasteiger partial charge in [0.1, 0.15) is 5.75 Å². The fraction of sp³-hybridized carbons (Fsp3) is 0.357.